The molecule has 0 saturated heterocycles. The van der Waals surface area contributed by atoms with Crippen molar-refractivity contribution in [3.05, 3.63) is 26.6 Å². The quantitative estimate of drug-likeness (QED) is 0.565. The highest BCUT2D eigenvalue weighted by molar-refractivity contribution is 9.11. The van der Waals surface area contributed by atoms with Crippen LogP contribution in [0.4, 0.5) is 5.69 Å². The first kappa shape index (κ1) is 15.0. The van der Waals surface area contributed by atoms with Crippen LogP contribution in [0.2, 0.25) is 0 Å². The van der Waals surface area contributed by atoms with Gasteiger partial charge in [-0.25, -0.2) is 0 Å². The first-order chi connectivity index (χ1) is 8.06. The summed E-state index contributed by atoms with van der Waals surface area (Å²) in [6.07, 6.45) is 5.94. The molecule has 0 saturated carbocycles. The average molecular weight is 364 g/mol. The molecule has 17 heavy (non-hydrogen) atoms. The maximum atomic E-state index is 6.19. The molecule has 0 aromatic heterocycles. The fraction of sp³-hybridized carbons (Fsp3) is 0.538. The topological polar surface area (TPSA) is 52.0 Å². The first-order valence-corrected chi connectivity index (χ1v) is 7.64. The third-order valence-corrected chi connectivity index (χ3v) is 4.01. The summed E-state index contributed by atoms with van der Waals surface area (Å²) in [5.74, 6) is 0. The molecule has 0 bridgehead atoms. The minimum absolute atomic E-state index is 0.0284. The molecule has 0 aliphatic rings. The predicted octanol–water partition coefficient (Wildman–Crippen LogP) is 4.76. The SMILES string of the molecule is CCCCCCC(N)c1cc(Br)cc(Br)c1N. The maximum Gasteiger partial charge on any atom is 0.0507 e. The van der Waals surface area contributed by atoms with Crippen LogP contribution in [0, 0.1) is 0 Å². The number of nitrogen functional groups attached to an aromatic ring is 1. The molecule has 4 heteroatoms. The molecular weight excluding hydrogens is 344 g/mol. The van der Waals surface area contributed by atoms with E-state index < -0.39 is 0 Å². The zero-order valence-electron chi connectivity index (χ0n) is 10.2. The zero-order valence-corrected chi connectivity index (χ0v) is 13.4. The van der Waals surface area contributed by atoms with Gasteiger partial charge in [-0.05, 0) is 40.0 Å². The van der Waals surface area contributed by atoms with Crippen LogP contribution in [0.15, 0.2) is 21.1 Å². The second-order valence-corrected chi connectivity index (χ2v) is 6.12. The summed E-state index contributed by atoms with van der Waals surface area (Å²) in [7, 11) is 0. The van der Waals surface area contributed by atoms with E-state index in [4.69, 9.17) is 11.5 Å². The Morgan fingerprint density at radius 2 is 1.88 bits per heavy atom. The molecule has 1 rings (SSSR count). The molecule has 2 nitrogen and oxygen atoms in total. The van der Waals surface area contributed by atoms with Crippen molar-refractivity contribution in [2.24, 2.45) is 5.73 Å². The Bertz CT molecular complexity index is 367. The van der Waals surface area contributed by atoms with E-state index in [0.717, 1.165) is 26.6 Å². The van der Waals surface area contributed by atoms with Crippen LogP contribution in [-0.4, -0.2) is 0 Å². The highest BCUT2D eigenvalue weighted by atomic mass is 79.9. The molecule has 1 atom stereocenters. The van der Waals surface area contributed by atoms with Gasteiger partial charge in [-0.3, -0.25) is 0 Å². The van der Waals surface area contributed by atoms with Crippen LogP contribution in [-0.2, 0) is 0 Å². The summed E-state index contributed by atoms with van der Waals surface area (Å²) in [4.78, 5) is 0. The van der Waals surface area contributed by atoms with E-state index in [-0.39, 0.29) is 6.04 Å². The molecule has 0 aliphatic carbocycles. The van der Waals surface area contributed by atoms with Crippen LogP contribution in [0.25, 0.3) is 0 Å². The summed E-state index contributed by atoms with van der Waals surface area (Å²) < 4.78 is 1.92. The Kier molecular flexibility index (Phi) is 6.52. The van der Waals surface area contributed by atoms with E-state index in [0.29, 0.717) is 0 Å². The van der Waals surface area contributed by atoms with Gasteiger partial charge in [0.15, 0.2) is 0 Å². The molecule has 96 valence electrons. The summed E-state index contributed by atoms with van der Waals surface area (Å²) in [5.41, 5.74) is 14.0. The van der Waals surface area contributed by atoms with E-state index in [1.54, 1.807) is 0 Å². The first-order valence-electron chi connectivity index (χ1n) is 6.06. The van der Waals surface area contributed by atoms with Crippen molar-refractivity contribution in [1.82, 2.24) is 0 Å². The smallest absolute Gasteiger partial charge is 0.0507 e. The van der Waals surface area contributed by atoms with Crippen LogP contribution >= 0.6 is 31.9 Å². The summed E-state index contributed by atoms with van der Waals surface area (Å²) in [5, 5.41) is 0. The number of halogens is 2. The van der Waals surface area contributed by atoms with Gasteiger partial charge >= 0.3 is 0 Å². The van der Waals surface area contributed by atoms with Gasteiger partial charge in [-0.15, -0.1) is 0 Å². The van der Waals surface area contributed by atoms with Gasteiger partial charge in [0.05, 0.1) is 5.69 Å². The highest BCUT2D eigenvalue weighted by Gasteiger charge is 2.12. The van der Waals surface area contributed by atoms with Crippen LogP contribution in [0.3, 0.4) is 0 Å². The molecule has 1 aromatic carbocycles. The van der Waals surface area contributed by atoms with E-state index in [9.17, 15) is 0 Å². The lowest BCUT2D eigenvalue weighted by Crippen LogP contribution is -2.12. The zero-order chi connectivity index (χ0) is 12.8. The Labute approximate surface area is 120 Å². The van der Waals surface area contributed by atoms with E-state index >= 15 is 0 Å². The highest BCUT2D eigenvalue weighted by Crippen LogP contribution is 2.32. The fourth-order valence-corrected chi connectivity index (χ4v) is 3.12. The lowest BCUT2D eigenvalue weighted by Gasteiger charge is -2.16. The Morgan fingerprint density at radius 3 is 2.53 bits per heavy atom. The van der Waals surface area contributed by atoms with Gasteiger partial charge in [-0.2, -0.15) is 0 Å². The number of unbranched alkanes of at least 4 members (excludes halogenated alkanes) is 3. The molecule has 0 spiro atoms. The molecule has 0 heterocycles. The number of rotatable bonds is 6. The fourth-order valence-electron chi connectivity index (χ4n) is 1.86. The molecular formula is C13H20Br2N2. The number of hydrogen-bond donors (Lipinski definition) is 2. The Hall–Kier alpha value is -0.0600. The maximum absolute atomic E-state index is 6.19. The minimum atomic E-state index is 0.0284. The molecule has 0 amide bonds. The van der Waals surface area contributed by atoms with Crippen LogP contribution in [0.5, 0.6) is 0 Å². The Morgan fingerprint density at radius 1 is 1.18 bits per heavy atom. The van der Waals surface area contributed by atoms with E-state index in [2.05, 4.69) is 38.8 Å². The van der Waals surface area contributed by atoms with E-state index in [1.165, 1.54) is 25.7 Å². The lowest BCUT2D eigenvalue weighted by atomic mass is 9.99. The lowest BCUT2D eigenvalue weighted by molar-refractivity contribution is 0.567. The predicted molar refractivity (Wildman–Crippen MR) is 81.9 cm³/mol. The van der Waals surface area contributed by atoms with Gasteiger partial charge in [0.1, 0.15) is 0 Å². The van der Waals surface area contributed by atoms with Gasteiger partial charge in [0, 0.05) is 15.0 Å². The summed E-state index contributed by atoms with van der Waals surface area (Å²) >= 11 is 6.92. The normalized spacial score (nSPS) is 12.7. The Balaban J connectivity index is 2.65. The molecule has 1 unspecified atom stereocenters. The molecule has 1 aromatic rings. The third-order valence-electron chi connectivity index (χ3n) is 2.89. The molecule has 4 N–H and O–H groups in total. The van der Waals surface area contributed by atoms with E-state index in [1.807, 2.05) is 12.1 Å². The van der Waals surface area contributed by atoms with Crippen molar-refractivity contribution in [2.45, 2.75) is 45.1 Å². The monoisotopic (exact) mass is 362 g/mol. The number of anilines is 1. The second-order valence-electron chi connectivity index (χ2n) is 4.35. The molecule has 0 aliphatic heterocycles. The summed E-state index contributed by atoms with van der Waals surface area (Å²) in [6.45, 7) is 2.21. The number of hydrogen-bond acceptors (Lipinski definition) is 2. The molecule has 0 radical (unpaired) electrons. The van der Waals surface area contributed by atoms with Crippen LogP contribution in [0.1, 0.15) is 50.6 Å². The minimum Gasteiger partial charge on any atom is -0.398 e. The van der Waals surface area contributed by atoms with Gasteiger partial charge in [0.2, 0.25) is 0 Å². The van der Waals surface area contributed by atoms with Crippen molar-refractivity contribution >= 4 is 37.5 Å². The van der Waals surface area contributed by atoms with Gasteiger partial charge in [-0.1, -0.05) is 48.5 Å². The van der Waals surface area contributed by atoms with Crippen molar-refractivity contribution in [2.75, 3.05) is 5.73 Å². The van der Waals surface area contributed by atoms with Crippen molar-refractivity contribution in [3.63, 3.8) is 0 Å². The number of nitrogens with two attached hydrogens (primary N) is 2. The summed E-state index contributed by atoms with van der Waals surface area (Å²) in [6, 6.07) is 3.99. The van der Waals surface area contributed by atoms with Gasteiger partial charge in [0.25, 0.3) is 0 Å². The largest absolute Gasteiger partial charge is 0.398 e. The third kappa shape index (κ3) is 4.60. The van der Waals surface area contributed by atoms with Crippen molar-refractivity contribution in [3.8, 4) is 0 Å². The standard InChI is InChI=1S/C13H20Br2N2/c1-2-3-4-5-6-12(16)10-7-9(14)8-11(15)13(10)17/h7-8,12H,2-6,16-17H2,1H3. The van der Waals surface area contributed by atoms with Crippen LogP contribution < -0.4 is 11.5 Å². The number of benzene rings is 1. The average Bonchev–Trinajstić information content (AvgIpc) is 2.29. The molecule has 0 fully saturated rings. The second kappa shape index (κ2) is 7.39. The van der Waals surface area contributed by atoms with Crippen molar-refractivity contribution < 1.29 is 0 Å². The van der Waals surface area contributed by atoms with Crippen molar-refractivity contribution in [1.29, 1.82) is 0 Å². The van der Waals surface area contributed by atoms with Gasteiger partial charge < -0.3 is 11.5 Å².